The summed E-state index contributed by atoms with van der Waals surface area (Å²) in [6, 6.07) is 0. The summed E-state index contributed by atoms with van der Waals surface area (Å²) in [5.74, 6) is -1.36. The van der Waals surface area contributed by atoms with Crippen molar-refractivity contribution in [3.05, 3.63) is 0 Å². The first kappa shape index (κ1) is 10.6. The molecule has 0 aliphatic rings. The second kappa shape index (κ2) is 3.85. The third-order valence-electron chi connectivity index (χ3n) is 1.10. The lowest BCUT2D eigenvalue weighted by atomic mass is 10.3. The molecule has 11 heavy (non-hydrogen) atoms. The fourth-order valence-electron chi connectivity index (χ4n) is 0.485. The van der Waals surface area contributed by atoms with Crippen LogP contribution in [0, 0.1) is 0 Å². The van der Waals surface area contributed by atoms with Gasteiger partial charge >= 0.3 is 5.97 Å². The molecule has 0 aromatic rings. The summed E-state index contributed by atoms with van der Waals surface area (Å²) in [6.45, 7) is 1.13. The Morgan fingerprint density at radius 2 is 2.09 bits per heavy atom. The Kier molecular flexibility index (Phi) is 3.72. The molecular formula is C5H11O5P. The van der Waals surface area contributed by atoms with Crippen molar-refractivity contribution in [2.45, 2.75) is 12.5 Å². The predicted octanol–water partition coefficient (Wildman–Crippen LogP) is -0.278. The molecule has 0 saturated carbocycles. The molecule has 0 saturated heterocycles. The lowest BCUT2D eigenvalue weighted by Crippen LogP contribution is -2.20. The highest BCUT2D eigenvalue weighted by atomic mass is 31.2. The normalized spacial score (nSPS) is 18.8. The highest BCUT2D eigenvalue weighted by Gasteiger charge is 2.17. The van der Waals surface area contributed by atoms with E-state index in [0.29, 0.717) is 0 Å². The smallest absolute Gasteiger partial charge is 0.332 e. The van der Waals surface area contributed by atoms with Crippen LogP contribution in [0.5, 0.6) is 0 Å². The number of carboxylic acid groups (broad SMARTS) is 1. The molecule has 5 nitrogen and oxygen atoms in total. The van der Waals surface area contributed by atoms with E-state index in [0.717, 1.165) is 6.66 Å². The molecule has 0 bridgehead atoms. The molecule has 3 N–H and O–H groups in total. The summed E-state index contributed by atoms with van der Waals surface area (Å²) in [5, 5.41) is 16.8. The second-order valence-corrected chi connectivity index (χ2v) is 4.97. The number of aliphatic hydroxyl groups excluding tert-OH is 1. The molecule has 66 valence electrons. The summed E-state index contributed by atoms with van der Waals surface area (Å²) in [4.78, 5) is 18.7. The molecule has 0 aromatic carbocycles. The van der Waals surface area contributed by atoms with E-state index < -0.39 is 19.4 Å². The van der Waals surface area contributed by atoms with Gasteiger partial charge in [-0.25, -0.2) is 4.79 Å². The van der Waals surface area contributed by atoms with Gasteiger partial charge < -0.3 is 15.1 Å². The Balaban J connectivity index is 3.72. The molecule has 0 aromatic heterocycles. The van der Waals surface area contributed by atoms with Gasteiger partial charge in [0.15, 0.2) is 13.5 Å². The summed E-state index contributed by atoms with van der Waals surface area (Å²) < 4.78 is 10.6. The van der Waals surface area contributed by atoms with E-state index in [4.69, 9.17) is 15.1 Å². The maximum absolute atomic E-state index is 10.6. The number of hydrogen-bond acceptors (Lipinski definition) is 3. The minimum absolute atomic E-state index is 0.166. The van der Waals surface area contributed by atoms with E-state index in [-0.39, 0.29) is 12.6 Å². The average molecular weight is 182 g/mol. The predicted molar refractivity (Wildman–Crippen MR) is 38.9 cm³/mol. The number of carboxylic acids is 1. The molecule has 0 spiro atoms. The molecule has 0 radical (unpaired) electrons. The summed E-state index contributed by atoms with van der Waals surface area (Å²) >= 11 is 0. The first-order valence-corrected chi connectivity index (χ1v) is 5.32. The van der Waals surface area contributed by atoms with Crippen molar-refractivity contribution >= 4 is 13.3 Å². The molecular weight excluding hydrogens is 171 g/mol. The molecule has 0 rings (SSSR count). The van der Waals surface area contributed by atoms with E-state index >= 15 is 0 Å². The molecule has 0 heterocycles. The van der Waals surface area contributed by atoms with Crippen LogP contribution in [0.4, 0.5) is 0 Å². The van der Waals surface area contributed by atoms with Gasteiger partial charge in [-0.3, -0.25) is 4.57 Å². The number of rotatable bonds is 4. The van der Waals surface area contributed by atoms with Crippen molar-refractivity contribution in [3.8, 4) is 0 Å². The number of hydrogen-bond donors (Lipinski definition) is 3. The van der Waals surface area contributed by atoms with Crippen LogP contribution in [0.2, 0.25) is 0 Å². The first-order valence-electron chi connectivity index (χ1n) is 3.03. The van der Waals surface area contributed by atoms with Crippen LogP contribution in [0.25, 0.3) is 0 Å². The molecule has 0 aliphatic heterocycles. The van der Waals surface area contributed by atoms with E-state index in [9.17, 15) is 9.36 Å². The van der Waals surface area contributed by atoms with Gasteiger partial charge in [0.1, 0.15) is 0 Å². The van der Waals surface area contributed by atoms with Crippen molar-refractivity contribution in [1.29, 1.82) is 0 Å². The molecule has 0 aliphatic carbocycles. The van der Waals surface area contributed by atoms with Crippen LogP contribution in [0.15, 0.2) is 0 Å². The quantitative estimate of drug-likeness (QED) is 0.520. The summed E-state index contributed by atoms with van der Waals surface area (Å²) in [7, 11) is -3.18. The van der Waals surface area contributed by atoms with Gasteiger partial charge in [-0.05, 0) is 6.42 Å². The third-order valence-corrected chi connectivity index (χ3v) is 2.19. The van der Waals surface area contributed by atoms with Crippen LogP contribution in [-0.2, 0) is 9.36 Å². The summed E-state index contributed by atoms with van der Waals surface area (Å²) in [5.41, 5.74) is 0. The van der Waals surface area contributed by atoms with Crippen LogP contribution >= 0.6 is 7.37 Å². The average Bonchev–Trinajstić information content (AvgIpc) is 1.80. The third kappa shape index (κ3) is 6.04. The molecule has 1 unspecified atom stereocenters. The summed E-state index contributed by atoms with van der Waals surface area (Å²) in [6.07, 6.45) is -1.88. The Bertz CT molecular complexity index is 183. The first-order chi connectivity index (χ1) is 4.83. The monoisotopic (exact) mass is 182 g/mol. The van der Waals surface area contributed by atoms with Crippen molar-refractivity contribution in [3.63, 3.8) is 0 Å². The van der Waals surface area contributed by atoms with Gasteiger partial charge in [0.25, 0.3) is 0 Å². The maximum Gasteiger partial charge on any atom is 0.332 e. The van der Waals surface area contributed by atoms with E-state index in [1.165, 1.54) is 0 Å². The SMILES string of the molecule is CP(=O)(O)CC[C@@H](O)C(=O)O. The van der Waals surface area contributed by atoms with Crippen molar-refractivity contribution in [2.75, 3.05) is 12.8 Å². The van der Waals surface area contributed by atoms with Crippen molar-refractivity contribution in [2.24, 2.45) is 0 Å². The highest BCUT2D eigenvalue weighted by molar-refractivity contribution is 7.57. The standard InChI is InChI=1S/C5H11O5P/c1-11(9,10)3-2-4(6)5(7)8/h4,6H,2-3H2,1H3,(H,7,8)(H,9,10)/t4-/m1/s1. The van der Waals surface area contributed by atoms with Gasteiger partial charge in [-0.1, -0.05) is 0 Å². The number of carbonyl (C=O) groups is 1. The lowest BCUT2D eigenvalue weighted by molar-refractivity contribution is -0.146. The van der Waals surface area contributed by atoms with Crippen LogP contribution in [-0.4, -0.2) is 40.0 Å². The van der Waals surface area contributed by atoms with E-state index in [1.807, 2.05) is 0 Å². The largest absolute Gasteiger partial charge is 0.479 e. The molecule has 2 atom stereocenters. The van der Waals surface area contributed by atoms with Gasteiger partial charge in [0.2, 0.25) is 0 Å². The topological polar surface area (TPSA) is 94.8 Å². The van der Waals surface area contributed by atoms with Gasteiger partial charge in [-0.15, -0.1) is 0 Å². The number of aliphatic hydroxyl groups is 1. The van der Waals surface area contributed by atoms with Crippen molar-refractivity contribution < 1.29 is 24.5 Å². The second-order valence-electron chi connectivity index (χ2n) is 2.42. The minimum Gasteiger partial charge on any atom is -0.479 e. The Hall–Kier alpha value is -0.380. The Labute approximate surface area is 64.1 Å². The molecule has 6 heteroatoms. The Morgan fingerprint density at radius 3 is 2.36 bits per heavy atom. The van der Waals surface area contributed by atoms with Crippen LogP contribution in [0.1, 0.15) is 6.42 Å². The fraction of sp³-hybridized carbons (Fsp3) is 0.800. The van der Waals surface area contributed by atoms with Crippen LogP contribution in [0.3, 0.4) is 0 Å². The highest BCUT2D eigenvalue weighted by Crippen LogP contribution is 2.35. The van der Waals surface area contributed by atoms with Gasteiger partial charge in [0, 0.05) is 12.8 Å². The fourth-order valence-corrected chi connectivity index (χ4v) is 1.21. The van der Waals surface area contributed by atoms with Gasteiger partial charge in [-0.2, -0.15) is 0 Å². The molecule has 0 fully saturated rings. The Morgan fingerprint density at radius 1 is 1.64 bits per heavy atom. The zero-order chi connectivity index (χ0) is 9.07. The van der Waals surface area contributed by atoms with Crippen LogP contribution < -0.4 is 0 Å². The zero-order valence-electron chi connectivity index (χ0n) is 6.10. The van der Waals surface area contributed by atoms with Crippen molar-refractivity contribution in [1.82, 2.24) is 0 Å². The lowest BCUT2D eigenvalue weighted by Gasteiger charge is -2.06. The number of aliphatic carboxylic acids is 1. The van der Waals surface area contributed by atoms with E-state index in [1.54, 1.807) is 0 Å². The van der Waals surface area contributed by atoms with E-state index in [2.05, 4.69) is 0 Å². The zero-order valence-corrected chi connectivity index (χ0v) is 6.99. The van der Waals surface area contributed by atoms with Gasteiger partial charge in [0.05, 0.1) is 0 Å². The molecule has 0 amide bonds. The maximum atomic E-state index is 10.6. The minimum atomic E-state index is -3.18.